The molecule has 1 aromatic carbocycles. The van der Waals surface area contributed by atoms with Gasteiger partial charge in [-0.05, 0) is 0 Å². The first kappa shape index (κ1) is 13.3. The van der Waals surface area contributed by atoms with Crippen LogP contribution >= 0.6 is 8.25 Å². The van der Waals surface area contributed by atoms with Crippen LogP contribution < -0.4 is 3.07 Å². The van der Waals surface area contributed by atoms with Crippen LogP contribution in [-0.2, 0) is 33.7 Å². The Kier molecular flexibility index (Phi) is 6.89. The molecule has 1 aromatic rings. The van der Waals surface area contributed by atoms with Crippen molar-refractivity contribution in [1.82, 2.24) is 0 Å². The summed E-state index contributed by atoms with van der Waals surface area (Å²) in [5.74, 6) is 0. The van der Waals surface area contributed by atoms with E-state index < -0.39 is 33.7 Å². The van der Waals surface area contributed by atoms with Gasteiger partial charge in [0.05, 0.1) is 0 Å². The van der Waals surface area contributed by atoms with Gasteiger partial charge in [0.25, 0.3) is 0 Å². The van der Waals surface area contributed by atoms with Gasteiger partial charge < -0.3 is 9.11 Å². The van der Waals surface area contributed by atoms with Gasteiger partial charge in [-0.25, -0.2) is 0 Å². The fourth-order valence-corrected chi connectivity index (χ4v) is 3.88. The van der Waals surface area contributed by atoms with Gasteiger partial charge in [-0.1, -0.05) is 0 Å². The summed E-state index contributed by atoms with van der Waals surface area (Å²) in [5.41, 5.74) is 0. The fraction of sp³-hybridized carbons (Fsp3) is 0. The van der Waals surface area contributed by atoms with E-state index in [1.54, 1.807) is 0 Å². The normalized spacial score (nSPS) is 9.46. The van der Waals surface area contributed by atoms with E-state index in [1.807, 2.05) is 18.2 Å². The van der Waals surface area contributed by atoms with E-state index >= 15 is 0 Å². The van der Waals surface area contributed by atoms with Gasteiger partial charge in [0.2, 0.25) is 0 Å². The van der Waals surface area contributed by atoms with Crippen molar-refractivity contribution >= 4 is 21.7 Å². The summed E-state index contributed by atoms with van der Waals surface area (Å²) in [6.45, 7) is 0. The van der Waals surface area contributed by atoms with Gasteiger partial charge in [-0.15, -0.1) is 0 Å². The molecule has 0 saturated carbocycles. The van der Waals surface area contributed by atoms with E-state index in [4.69, 9.17) is 25.8 Å². The van der Waals surface area contributed by atoms with Crippen LogP contribution in [0.4, 0.5) is 0 Å². The maximum absolute atomic E-state index is 8.52. The molecule has 0 N–H and O–H groups in total. The van der Waals surface area contributed by atoms with Crippen LogP contribution in [0.5, 0.6) is 0 Å². The Balaban J connectivity index is 0.000000252. The molecule has 0 aliphatic rings. The minimum absolute atomic E-state index is 1.07. The average molecular weight is 409 g/mol. The third kappa shape index (κ3) is 12.3. The maximum atomic E-state index is 8.52. The van der Waals surface area contributed by atoms with Gasteiger partial charge >= 0.3 is 65.0 Å². The van der Waals surface area contributed by atoms with Crippen molar-refractivity contribution in [3.8, 4) is 0 Å². The fourth-order valence-electron chi connectivity index (χ4n) is 0.567. The third-order valence-electron chi connectivity index (χ3n) is 0.997. The Morgan fingerprint density at radius 2 is 1.54 bits per heavy atom. The van der Waals surface area contributed by atoms with Crippen LogP contribution in [0.15, 0.2) is 30.3 Å². The van der Waals surface area contributed by atoms with E-state index in [0.29, 0.717) is 0 Å². The first-order chi connectivity index (χ1) is 5.93. The first-order valence-corrected chi connectivity index (χ1v) is 14.0. The molecule has 0 radical (unpaired) electrons. The van der Waals surface area contributed by atoms with Crippen LogP contribution in [0, 0.1) is 0 Å². The van der Waals surface area contributed by atoms with E-state index in [-0.39, 0.29) is 0 Å². The predicted octanol–water partition coefficient (Wildman–Crippen LogP) is 0.210. The first-order valence-electron chi connectivity index (χ1n) is 3.20. The van der Waals surface area contributed by atoms with Crippen molar-refractivity contribution in [1.29, 1.82) is 0 Å². The van der Waals surface area contributed by atoms with Crippen molar-refractivity contribution < 1.29 is 40.9 Å². The van der Waals surface area contributed by atoms with Gasteiger partial charge in [0.1, 0.15) is 0 Å². The molecule has 0 atom stereocenters. The van der Waals surface area contributed by atoms with Crippen molar-refractivity contribution in [3.63, 3.8) is 0 Å². The van der Waals surface area contributed by atoms with E-state index in [2.05, 4.69) is 12.1 Å². The molecule has 7 heteroatoms. The summed E-state index contributed by atoms with van der Waals surface area (Å²) in [6, 6.07) is 10.3. The van der Waals surface area contributed by atoms with Gasteiger partial charge in [-0.2, -0.15) is 0 Å². The summed E-state index contributed by atoms with van der Waals surface area (Å²) < 4.78 is 35.5. The quantitative estimate of drug-likeness (QED) is 0.378. The number of rotatable bonds is 1. The molecular weight excluding hydrogens is 404 g/mol. The van der Waals surface area contributed by atoms with Crippen LogP contribution in [-0.4, -0.2) is 17.5 Å². The zero-order chi connectivity index (χ0) is 10.3. The summed E-state index contributed by atoms with van der Waals surface area (Å²) in [7, 11) is 0.582. The molecule has 0 aliphatic heterocycles. The molecule has 0 heterocycles. The van der Waals surface area contributed by atoms with Crippen LogP contribution in [0.3, 0.4) is 0 Å². The molecule has 0 unspecified atom stereocenters. The van der Waals surface area contributed by atoms with Gasteiger partial charge in [0.15, 0.2) is 0 Å². The Morgan fingerprint density at radius 1 is 1.15 bits per heavy atom. The third-order valence-corrected chi connectivity index (χ3v) is 6.74. The molecule has 0 fully saturated rings. The van der Waals surface area contributed by atoms with Crippen LogP contribution in [0.25, 0.3) is 0 Å². The molecule has 4 nitrogen and oxygen atoms in total. The molecule has 0 bridgehead atoms. The second-order valence-electron chi connectivity index (χ2n) is 2.03. The minimum atomic E-state index is -5.17. The van der Waals surface area contributed by atoms with Crippen LogP contribution in [0.2, 0.25) is 0 Å². The monoisotopic (exact) mass is 410 g/mol. The van der Waals surface area contributed by atoms with E-state index in [1.165, 1.54) is 3.07 Å². The summed E-state index contributed by atoms with van der Waals surface area (Å²) in [4.78, 5) is 0. The SMILES string of the molecule is O=S(=O)([O-])[O-].[Cl][Hg][c]1ccccc1. The number of halogens is 1. The molecule has 1 rings (SSSR count). The standard InChI is InChI=1S/C6H5.ClH.Hg.H2O4S/c1-2-4-6-5-3-1;;;1-5(2,3)4/h1-5H;1H;;(H2,1,2,3,4)/q;;+1;/p-3. The molecule has 0 spiro atoms. The van der Waals surface area contributed by atoms with Gasteiger partial charge in [-0.3, -0.25) is 8.42 Å². The van der Waals surface area contributed by atoms with Crippen molar-refractivity contribution in [2.45, 2.75) is 0 Å². The van der Waals surface area contributed by atoms with Crippen molar-refractivity contribution in [3.05, 3.63) is 30.3 Å². The summed E-state index contributed by atoms with van der Waals surface area (Å²) in [5, 5.41) is 0. The molecule has 0 saturated heterocycles. The second kappa shape index (κ2) is 6.72. The number of benzene rings is 1. The summed E-state index contributed by atoms with van der Waals surface area (Å²) in [6.07, 6.45) is 0. The van der Waals surface area contributed by atoms with Crippen molar-refractivity contribution in [2.75, 3.05) is 0 Å². The van der Waals surface area contributed by atoms with E-state index in [0.717, 1.165) is 0 Å². The number of hydrogen-bond acceptors (Lipinski definition) is 4. The molecule has 0 amide bonds. The Labute approximate surface area is 92.4 Å². The Bertz CT molecular complexity index is 318. The molecule has 70 valence electrons. The topological polar surface area (TPSA) is 80.3 Å². The molecule has 0 aliphatic carbocycles. The number of hydrogen-bond donors (Lipinski definition) is 0. The summed E-state index contributed by atoms with van der Waals surface area (Å²) >= 11 is -1.07. The molecule has 13 heavy (non-hydrogen) atoms. The molecule has 0 aromatic heterocycles. The Morgan fingerprint density at radius 3 is 1.77 bits per heavy atom. The average Bonchev–Trinajstić information content (AvgIpc) is 2.03. The zero-order valence-corrected chi connectivity index (χ0v) is 13.6. The van der Waals surface area contributed by atoms with Crippen LogP contribution in [0.1, 0.15) is 0 Å². The predicted molar refractivity (Wildman–Crippen MR) is 42.4 cm³/mol. The Hall–Kier alpha value is 0.315. The van der Waals surface area contributed by atoms with Gasteiger partial charge in [0, 0.05) is 10.4 Å². The second-order valence-corrected chi connectivity index (χ2v) is 9.40. The van der Waals surface area contributed by atoms with Crippen molar-refractivity contribution in [2.24, 2.45) is 0 Å². The zero-order valence-electron chi connectivity index (χ0n) is 6.51. The van der Waals surface area contributed by atoms with E-state index in [9.17, 15) is 0 Å². The molecular formula is C6H5ClHgO4S-2.